The van der Waals surface area contributed by atoms with Crippen LogP contribution < -0.4 is 11.4 Å². The minimum atomic E-state index is -0.955. The average molecular weight is 186 g/mol. The lowest BCUT2D eigenvalue weighted by Gasteiger charge is -1.90. The fraction of sp³-hybridized carbons (Fsp3) is 0.429. The predicted octanol–water partition coefficient (Wildman–Crippen LogP) is -0.519. The van der Waals surface area contributed by atoms with Gasteiger partial charge in [0.15, 0.2) is 0 Å². The van der Waals surface area contributed by atoms with Crippen molar-refractivity contribution in [2.45, 2.75) is 19.8 Å². The molecule has 0 radical (unpaired) electrons. The summed E-state index contributed by atoms with van der Waals surface area (Å²) in [7, 11) is 0. The molecule has 0 saturated carbocycles. The van der Waals surface area contributed by atoms with Crippen LogP contribution in [0.15, 0.2) is 9.32 Å². The van der Waals surface area contributed by atoms with Crippen LogP contribution in [0.2, 0.25) is 0 Å². The van der Waals surface area contributed by atoms with Crippen molar-refractivity contribution in [1.82, 2.24) is 4.85 Å². The molecule has 0 bridgehead atoms. The highest BCUT2D eigenvalue weighted by Crippen LogP contribution is 2.04. The molecule has 0 unspecified atom stereocenters. The van der Waals surface area contributed by atoms with Crippen LogP contribution in [0.5, 0.6) is 0 Å². The molecule has 6 heteroatoms. The van der Waals surface area contributed by atoms with Gasteiger partial charge in [0.25, 0.3) is 0 Å². The second-order valence-corrected chi connectivity index (χ2v) is 2.65. The van der Waals surface area contributed by atoms with Crippen LogP contribution in [0.25, 0.3) is 0 Å². The normalized spacial score (nSPS) is 10.2. The number of aromatic nitrogens is 1. The van der Waals surface area contributed by atoms with E-state index >= 15 is 0 Å². The number of carbonyl (C=O) groups is 1. The molecule has 0 spiro atoms. The van der Waals surface area contributed by atoms with E-state index in [4.69, 9.17) is 15.5 Å². The summed E-state index contributed by atoms with van der Waals surface area (Å²) in [5.74, 6) is 4.55. The molecule has 0 fully saturated rings. The molecule has 0 aromatic carbocycles. The third kappa shape index (κ3) is 1.90. The number of rotatable bonds is 3. The summed E-state index contributed by atoms with van der Waals surface area (Å²) in [5, 5.41) is 8.39. The van der Waals surface area contributed by atoms with Crippen LogP contribution in [-0.2, 0) is 11.2 Å². The maximum Gasteiger partial charge on any atom is 0.307 e. The summed E-state index contributed by atoms with van der Waals surface area (Å²) >= 11 is 0. The second-order valence-electron chi connectivity index (χ2n) is 2.65. The minimum Gasteiger partial charge on any atom is -0.481 e. The third-order valence-electron chi connectivity index (χ3n) is 1.71. The summed E-state index contributed by atoms with van der Waals surface area (Å²) < 4.78 is 4.77. The van der Waals surface area contributed by atoms with Crippen LogP contribution in [-0.4, -0.2) is 15.9 Å². The number of aliphatic carboxylic acids is 1. The van der Waals surface area contributed by atoms with Gasteiger partial charge in [0.2, 0.25) is 0 Å². The molecule has 6 nitrogen and oxygen atoms in total. The molecule has 0 amide bonds. The Morgan fingerprint density at radius 3 is 2.69 bits per heavy atom. The molecule has 1 rings (SSSR count). The smallest absolute Gasteiger partial charge is 0.307 e. The maximum atomic E-state index is 11.2. The van der Waals surface area contributed by atoms with Crippen molar-refractivity contribution in [1.29, 1.82) is 0 Å². The first kappa shape index (κ1) is 9.37. The van der Waals surface area contributed by atoms with E-state index < -0.39 is 11.5 Å². The van der Waals surface area contributed by atoms with Gasteiger partial charge in [0.05, 0.1) is 5.56 Å². The molecule has 0 aliphatic rings. The zero-order valence-corrected chi connectivity index (χ0v) is 7.11. The first-order valence-corrected chi connectivity index (χ1v) is 3.71. The lowest BCUT2D eigenvalue weighted by Crippen LogP contribution is -2.24. The number of aryl methyl sites for hydroxylation is 1. The number of carboxylic acid groups (broad SMARTS) is 1. The minimum absolute atomic E-state index is 0.102. The van der Waals surface area contributed by atoms with E-state index in [1.54, 1.807) is 6.92 Å². The topological polar surface area (TPSA) is 98.5 Å². The second kappa shape index (κ2) is 3.34. The molecule has 1 aromatic rings. The van der Waals surface area contributed by atoms with E-state index in [-0.39, 0.29) is 12.8 Å². The van der Waals surface area contributed by atoms with E-state index in [9.17, 15) is 9.59 Å². The fourth-order valence-corrected chi connectivity index (χ4v) is 1.04. The Kier molecular flexibility index (Phi) is 2.41. The molecular formula is C7H10N2O4. The standard InChI is InChI=1S/C7H10N2O4/c1-4-5(2-3-6(10)11)7(12)9(8)13-4/h2-3,8H2,1H3,(H,10,11). The summed E-state index contributed by atoms with van der Waals surface area (Å²) in [6.45, 7) is 1.57. The number of carboxylic acids is 1. The van der Waals surface area contributed by atoms with Crippen molar-refractivity contribution < 1.29 is 14.4 Å². The van der Waals surface area contributed by atoms with Crippen molar-refractivity contribution in [3.05, 3.63) is 21.7 Å². The molecular weight excluding hydrogens is 176 g/mol. The summed E-state index contributed by atoms with van der Waals surface area (Å²) in [6.07, 6.45) is 0.0450. The largest absolute Gasteiger partial charge is 0.481 e. The van der Waals surface area contributed by atoms with E-state index in [1.807, 2.05) is 0 Å². The van der Waals surface area contributed by atoms with Gasteiger partial charge in [-0.3, -0.25) is 9.59 Å². The van der Waals surface area contributed by atoms with Gasteiger partial charge < -0.3 is 15.5 Å². The monoisotopic (exact) mass is 186 g/mol. The predicted molar refractivity (Wildman–Crippen MR) is 43.8 cm³/mol. The number of nitrogens with two attached hydrogens (primary N) is 1. The summed E-state index contributed by atoms with van der Waals surface area (Å²) in [4.78, 5) is 22.0. The molecule has 1 aromatic heterocycles. The van der Waals surface area contributed by atoms with Gasteiger partial charge in [-0.25, -0.2) is 0 Å². The van der Waals surface area contributed by atoms with E-state index in [1.165, 1.54) is 0 Å². The first-order chi connectivity index (χ1) is 6.02. The molecule has 0 atom stereocenters. The lowest BCUT2D eigenvalue weighted by molar-refractivity contribution is -0.136. The number of hydrogen-bond acceptors (Lipinski definition) is 4. The Balaban J connectivity index is 2.88. The van der Waals surface area contributed by atoms with Crippen molar-refractivity contribution in [3.8, 4) is 0 Å². The van der Waals surface area contributed by atoms with Gasteiger partial charge in [-0.05, 0) is 13.3 Å². The quantitative estimate of drug-likeness (QED) is 0.619. The van der Waals surface area contributed by atoms with Crippen molar-refractivity contribution in [2.75, 3.05) is 5.84 Å². The number of nitrogens with zero attached hydrogens (tertiary/aromatic N) is 1. The summed E-state index contributed by atoms with van der Waals surface area (Å²) in [6, 6.07) is 0. The zero-order chi connectivity index (χ0) is 10.0. The highest BCUT2D eigenvalue weighted by molar-refractivity contribution is 5.67. The first-order valence-electron chi connectivity index (χ1n) is 3.71. The number of hydrogen-bond donors (Lipinski definition) is 2. The average Bonchev–Trinajstić information content (AvgIpc) is 2.24. The van der Waals surface area contributed by atoms with Gasteiger partial charge in [-0.15, -0.1) is 0 Å². The Bertz CT molecular complexity index is 376. The van der Waals surface area contributed by atoms with Crippen LogP contribution in [0.4, 0.5) is 0 Å². The third-order valence-corrected chi connectivity index (χ3v) is 1.71. The molecule has 0 aliphatic heterocycles. The Hall–Kier alpha value is -1.72. The van der Waals surface area contributed by atoms with Gasteiger partial charge in [-0.2, -0.15) is 0 Å². The van der Waals surface area contributed by atoms with E-state index in [0.29, 0.717) is 16.2 Å². The van der Waals surface area contributed by atoms with Crippen molar-refractivity contribution in [3.63, 3.8) is 0 Å². The van der Waals surface area contributed by atoms with Crippen LogP contribution >= 0.6 is 0 Å². The van der Waals surface area contributed by atoms with Gasteiger partial charge in [-0.1, -0.05) is 4.85 Å². The zero-order valence-electron chi connectivity index (χ0n) is 7.11. The molecule has 13 heavy (non-hydrogen) atoms. The lowest BCUT2D eigenvalue weighted by atomic mass is 10.1. The SMILES string of the molecule is Cc1on(N)c(=O)c1CCC(=O)O. The Morgan fingerprint density at radius 1 is 1.69 bits per heavy atom. The highest BCUT2D eigenvalue weighted by atomic mass is 16.5. The molecule has 0 saturated heterocycles. The van der Waals surface area contributed by atoms with Gasteiger partial charge >= 0.3 is 11.5 Å². The number of nitrogen functional groups attached to an aromatic ring is 1. The van der Waals surface area contributed by atoms with Gasteiger partial charge in [0, 0.05) is 6.42 Å². The van der Waals surface area contributed by atoms with Crippen molar-refractivity contribution >= 4 is 5.97 Å². The van der Waals surface area contributed by atoms with Crippen molar-refractivity contribution in [2.24, 2.45) is 0 Å². The Morgan fingerprint density at radius 2 is 2.31 bits per heavy atom. The van der Waals surface area contributed by atoms with Crippen LogP contribution in [0.1, 0.15) is 17.7 Å². The Labute approximate surface area is 73.5 Å². The van der Waals surface area contributed by atoms with E-state index in [2.05, 4.69) is 0 Å². The fourth-order valence-electron chi connectivity index (χ4n) is 1.04. The van der Waals surface area contributed by atoms with E-state index in [0.717, 1.165) is 0 Å². The molecule has 1 heterocycles. The molecule has 0 aliphatic carbocycles. The maximum absolute atomic E-state index is 11.2. The molecule has 72 valence electrons. The highest BCUT2D eigenvalue weighted by Gasteiger charge is 2.12. The molecule has 3 N–H and O–H groups in total. The summed E-state index contributed by atoms with van der Waals surface area (Å²) in [5.41, 5.74) is -0.149. The van der Waals surface area contributed by atoms with Gasteiger partial charge in [0.1, 0.15) is 5.76 Å². The van der Waals surface area contributed by atoms with Crippen LogP contribution in [0, 0.1) is 6.92 Å². The van der Waals surface area contributed by atoms with Crippen LogP contribution in [0.3, 0.4) is 0 Å².